The molecule has 34 heavy (non-hydrogen) atoms. The van der Waals surface area contributed by atoms with Gasteiger partial charge < -0.3 is 15.3 Å². The van der Waals surface area contributed by atoms with Crippen molar-refractivity contribution in [3.8, 4) is 12.3 Å². The first-order valence-electron chi connectivity index (χ1n) is 11.0. The van der Waals surface area contributed by atoms with E-state index in [1.807, 2.05) is 24.3 Å². The van der Waals surface area contributed by atoms with Crippen LogP contribution in [0, 0.1) is 12.3 Å². The van der Waals surface area contributed by atoms with E-state index in [4.69, 9.17) is 6.42 Å². The average Bonchev–Trinajstić information content (AvgIpc) is 3.20. The molecule has 0 saturated carbocycles. The van der Waals surface area contributed by atoms with Gasteiger partial charge in [0, 0.05) is 32.2 Å². The smallest absolute Gasteiger partial charge is 0.239 e. The molecule has 1 saturated heterocycles. The van der Waals surface area contributed by atoms with Crippen LogP contribution in [0.4, 0.5) is 5.69 Å². The number of fused-ring (bicyclic) bond motifs is 1. The molecule has 2 atom stereocenters. The summed E-state index contributed by atoms with van der Waals surface area (Å²) in [6.07, 6.45) is 5.93. The molecule has 0 aromatic heterocycles. The summed E-state index contributed by atoms with van der Waals surface area (Å²) in [6, 6.07) is 11.8. The summed E-state index contributed by atoms with van der Waals surface area (Å²) in [7, 11) is -1.95. The second-order valence-electron chi connectivity index (χ2n) is 8.81. The van der Waals surface area contributed by atoms with Crippen molar-refractivity contribution < 1.29 is 23.1 Å². The van der Waals surface area contributed by atoms with Crippen molar-refractivity contribution in [2.45, 2.75) is 29.9 Å². The van der Waals surface area contributed by atoms with Gasteiger partial charge in [-0.2, -0.15) is 0 Å². The number of carbonyl (C=O) groups is 2. The van der Waals surface area contributed by atoms with E-state index in [0.717, 1.165) is 17.7 Å². The second kappa shape index (κ2) is 9.58. The van der Waals surface area contributed by atoms with Crippen LogP contribution in [-0.4, -0.2) is 73.7 Å². The molecule has 2 aliphatic heterocycles. The summed E-state index contributed by atoms with van der Waals surface area (Å²) in [5, 5.41) is 12.5. The number of hydrogen-bond acceptors (Lipinski definition) is 6. The Kier molecular flexibility index (Phi) is 6.75. The van der Waals surface area contributed by atoms with Crippen LogP contribution in [0.2, 0.25) is 0 Å². The highest BCUT2D eigenvalue weighted by Gasteiger charge is 2.30. The number of aliphatic hydroxyl groups is 1. The molecule has 2 amide bonds. The lowest BCUT2D eigenvalue weighted by Gasteiger charge is -2.32. The van der Waals surface area contributed by atoms with E-state index in [0.29, 0.717) is 25.1 Å². The molecule has 0 radical (unpaired) electrons. The highest BCUT2D eigenvalue weighted by atomic mass is 32.2. The van der Waals surface area contributed by atoms with Gasteiger partial charge in [0.15, 0.2) is 9.84 Å². The summed E-state index contributed by atoms with van der Waals surface area (Å²) in [5.41, 5.74) is 2.42. The van der Waals surface area contributed by atoms with Crippen molar-refractivity contribution in [3.05, 3.63) is 59.2 Å². The van der Waals surface area contributed by atoms with E-state index in [1.165, 1.54) is 6.07 Å². The first-order valence-corrected chi connectivity index (χ1v) is 12.7. The summed E-state index contributed by atoms with van der Waals surface area (Å²) in [5.74, 6) is 1.30. The topological polar surface area (TPSA) is 107 Å². The van der Waals surface area contributed by atoms with Crippen LogP contribution in [0.25, 0.3) is 0 Å². The number of nitrogens with one attached hydrogen (secondary N) is 1. The van der Waals surface area contributed by atoms with Crippen LogP contribution in [0.15, 0.2) is 47.4 Å². The number of nitrogens with zero attached hydrogens (tertiary/aromatic N) is 2. The Morgan fingerprint density at radius 2 is 2.12 bits per heavy atom. The third-order valence-electron chi connectivity index (χ3n) is 6.31. The van der Waals surface area contributed by atoms with E-state index >= 15 is 0 Å². The van der Waals surface area contributed by atoms with Gasteiger partial charge in [0.1, 0.15) is 5.75 Å². The Hall–Kier alpha value is -3.19. The normalized spacial score (nSPS) is 20.1. The maximum Gasteiger partial charge on any atom is 0.239 e. The van der Waals surface area contributed by atoms with Crippen LogP contribution in [0.1, 0.15) is 29.2 Å². The summed E-state index contributed by atoms with van der Waals surface area (Å²) >= 11 is 0. The second-order valence-corrected chi connectivity index (χ2v) is 10.8. The van der Waals surface area contributed by atoms with Crippen LogP contribution in [-0.2, 0) is 25.8 Å². The third kappa shape index (κ3) is 5.14. The van der Waals surface area contributed by atoms with E-state index in [9.17, 15) is 23.1 Å². The summed E-state index contributed by atoms with van der Waals surface area (Å²) in [6.45, 7) is 1.84. The highest BCUT2D eigenvalue weighted by molar-refractivity contribution is 7.92. The number of benzene rings is 2. The Balaban J connectivity index is 1.57. The standard InChI is InChI=1S/C25H27N3O5S/c1-3-17-5-4-6-19(11-17)22(15-28-10-9-20(29)14-28)27(2)25(31)13-18-7-8-23-21(12-18)26-24(30)16-34(23,32)33/h1,4-8,11-12,20,22,29H,9-10,13-16H2,2H3,(H,26,30)/t20-,22-/m1/s1. The molecule has 8 nitrogen and oxygen atoms in total. The molecule has 4 rings (SSSR count). The third-order valence-corrected chi connectivity index (χ3v) is 7.98. The summed E-state index contributed by atoms with van der Waals surface area (Å²) in [4.78, 5) is 28.9. The minimum Gasteiger partial charge on any atom is -0.392 e. The molecule has 9 heteroatoms. The molecule has 0 bridgehead atoms. The van der Waals surface area contributed by atoms with Crippen molar-refractivity contribution in [2.75, 3.05) is 37.8 Å². The molecule has 2 aliphatic rings. The van der Waals surface area contributed by atoms with Gasteiger partial charge in [0.2, 0.25) is 11.8 Å². The lowest BCUT2D eigenvalue weighted by molar-refractivity contribution is -0.131. The Bertz CT molecular complexity index is 1270. The number of β-amino-alcohol motifs (C(OH)–C–C–N with tert-alkyl or cyclic N) is 1. The van der Waals surface area contributed by atoms with E-state index in [2.05, 4.69) is 16.1 Å². The van der Waals surface area contributed by atoms with Gasteiger partial charge in [0.25, 0.3) is 0 Å². The fraction of sp³-hybridized carbons (Fsp3) is 0.360. The van der Waals surface area contributed by atoms with Crippen molar-refractivity contribution in [2.24, 2.45) is 0 Å². The lowest BCUT2D eigenvalue weighted by atomic mass is 10.0. The van der Waals surface area contributed by atoms with Gasteiger partial charge in [-0.1, -0.05) is 24.1 Å². The largest absolute Gasteiger partial charge is 0.392 e. The van der Waals surface area contributed by atoms with Gasteiger partial charge in [-0.25, -0.2) is 8.42 Å². The Labute approximate surface area is 199 Å². The van der Waals surface area contributed by atoms with Crippen molar-refractivity contribution in [3.63, 3.8) is 0 Å². The number of hydrogen-bond donors (Lipinski definition) is 2. The molecule has 178 valence electrons. The highest BCUT2D eigenvalue weighted by Crippen LogP contribution is 2.29. The number of terminal acetylenes is 1. The number of rotatable bonds is 6. The minimum absolute atomic E-state index is 0.0354. The predicted molar refractivity (Wildman–Crippen MR) is 128 cm³/mol. The Morgan fingerprint density at radius 1 is 1.32 bits per heavy atom. The van der Waals surface area contributed by atoms with Crippen LogP contribution < -0.4 is 5.32 Å². The number of anilines is 1. The number of amides is 2. The van der Waals surface area contributed by atoms with Crippen LogP contribution >= 0.6 is 0 Å². The number of aliphatic hydroxyl groups excluding tert-OH is 1. The van der Waals surface area contributed by atoms with Gasteiger partial charge in [-0.15, -0.1) is 6.42 Å². The minimum atomic E-state index is -3.68. The summed E-state index contributed by atoms with van der Waals surface area (Å²) < 4.78 is 24.5. The SMILES string of the molecule is C#Cc1cccc([C@@H](CN2CC[C@@H](O)C2)N(C)C(=O)Cc2ccc3c(c2)NC(=O)CS3(=O)=O)c1. The monoisotopic (exact) mass is 481 g/mol. The fourth-order valence-electron chi connectivity index (χ4n) is 4.48. The first kappa shape index (κ1) is 24.0. The zero-order chi connectivity index (χ0) is 24.5. The maximum absolute atomic E-state index is 13.3. The van der Waals surface area contributed by atoms with Crippen LogP contribution in [0.5, 0.6) is 0 Å². The molecule has 0 spiro atoms. The number of carbonyl (C=O) groups excluding carboxylic acids is 2. The molecule has 2 N–H and O–H groups in total. The van der Waals surface area contributed by atoms with Gasteiger partial charge in [-0.05, 0) is 41.8 Å². The van der Waals surface area contributed by atoms with E-state index in [-0.39, 0.29) is 35.1 Å². The van der Waals surface area contributed by atoms with Gasteiger partial charge >= 0.3 is 0 Å². The van der Waals surface area contributed by atoms with E-state index < -0.39 is 21.5 Å². The first-order chi connectivity index (χ1) is 16.2. The predicted octanol–water partition coefficient (Wildman–Crippen LogP) is 1.20. The molecule has 0 unspecified atom stereocenters. The number of likely N-dealkylation sites (tertiary alicyclic amines) is 1. The number of likely N-dealkylation sites (N-methyl/N-ethyl adjacent to an activating group) is 1. The fourth-order valence-corrected chi connectivity index (χ4v) is 5.77. The molecule has 0 aliphatic carbocycles. The van der Waals surface area contributed by atoms with E-state index in [1.54, 1.807) is 24.1 Å². The molecule has 2 heterocycles. The lowest BCUT2D eigenvalue weighted by Crippen LogP contribution is -2.39. The quantitative estimate of drug-likeness (QED) is 0.601. The number of sulfone groups is 1. The zero-order valence-electron chi connectivity index (χ0n) is 18.9. The average molecular weight is 482 g/mol. The van der Waals surface area contributed by atoms with Crippen molar-refractivity contribution >= 4 is 27.3 Å². The molecule has 1 fully saturated rings. The molecule has 2 aromatic carbocycles. The van der Waals surface area contributed by atoms with Gasteiger partial charge in [0.05, 0.1) is 29.1 Å². The Morgan fingerprint density at radius 3 is 2.82 bits per heavy atom. The maximum atomic E-state index is 13.3. The zero-order valence-corrected chi connectivity index (χ0v) is 19.7. The molecular weight excluding hydrogens is 454 g/mol. The van der Waals surface area contributed by atoms with Crippen LogP contribution in [0.3, 0.4) is 0 Å². The van der Waals surface area contributed by atoms with Crippen molar-refractivity contribution in [1.82, 2.24) is 9.80 Å². The van der Waals surface area contributed by atoms with Crippen molar-refractivity contribution in [1.29, 1.82) is 0 Å². The molecule has 2 aromatic rings. The van der Waals surface area contributed by atoms with Gasteiger partial charge in [-0.3, -0.25) is 14.5 Å². The molecular formula is C25H27N3O5S.